The summed E-state index contributed by atoms with van der Waals surface area (Å²) in [5, 5.41) is 15.1. The summed E-state index contributed by atoms with van der Waals surface area (Å²) in [5.41, 5.74) is 1.71. The topological polar surface area (TPSA) is 79.2 Å². The molecular formula is C18H24N4O2. The number of carbonyl (C=O) groups is 1. The van der Waals surface area contributed by atoms with Gasteiger partial charge in [-0.1, -0.05) is 12.1 Å². The smallest absolute Gasteiger partial charge is 0.319 e. The molecule has 0 radical (unpaired) electrons. The van der Waals surface area contributed by atoms with E-state index in [-0.39, 0.29) is 18.7 Å². The number of aliphatic hydroxyl groups excluding tert-OH is 1. The van der Waals surface area contributed by atoms with Crippen molar-refractivity contribution in [1.29, 1.82) is 0 Å². The van der Waals surface area contributed by atoms with Crippen molar-refractivity contribution in [3.05, 3.63) is 36.7 Å². The Hall–Kier alpha value is -2.34. The first-order chi connectivity index (χ1) is 11.7. The Morgan fingerprint density at radius 2 is 2.12 bits per heavy atom. The number of urea groups is 1. The molecule has 1 aromatic heterocycles. The highest BCUT2D eigenvalue weighted by atomic mass is 16.3. The van der Waals surface area contributed by atoms with Crippen LogP contribution in [0.4, 0.5) is 10.5 Å². The molecule has 1 aliphatic rings. The number of nitrogens with zero attached hydrogens (tertiary/aromatic N) is 2. The van der Waals surface area contributed by atoms with Crippen LogP contribution in [-0.4, -0.2) is 33.3 Å². The average molecular weight is 328 g/mol. The van der Waals surface area contributed by atoms with Crippen LogP contribution in [0.3, 0.4) is 0 Å². The molecule has 0 saturated heterocycles. The molecule has 1 aromatic carbocycles. The normalized spacial score (nSPS) is 20.6. The average Bonchev–Trinajstić information content (AvgIpc) is 3.02. The molecule has 0 bridgehead atoms. The summed E-state index contributed by atoms with van der Waals surface area (Å²) in [4.78, 5) is 16.5. The van der Waals surface area contributed by atoms with Crippen LogP contribution < -0.4 is 10.6 Å². The second-order valence-electron chi connectivity index (χ2n) is 6.44. The third kappa shape index (κ3) is 3.94. The number of rotatable bonds is 4. The van der Waals surface area contributed by atoms with Gasteiger partial charge in [0.1, 0.15) is 5.82 Å². The fraction of sp³-hybridized carbons (Fsp3) is 0.444. The standard InChI is InChI=1S/C18H24N4O2/c1-22-10-9-19-17(22)14-3-2-4-16(11-14)21-18(24)20-15-7-5-13(12-23)6-8-15/h2-4,9-11,13,15,23H,5-8,12H2,1H3,(H2,20,21,24). The van der Waals surface area contributed by atoms with Gasteiger partial charge in [-0.2, -0.15) is 0 Å². The zero-order valence-corrected chi connectivity index (χ0v) is 13.9. The van der Waals surface area contributed by atoms with Crippen LogP contribution in [-0.2, 0) is 7.05 Å². The van der Waals surface area contributed by atoms with Crippen molar-refractivity contribution >= 4 is 11.7 Å². The van der Waals surface area contributed by atoms with Gasteiger partial charge in [0.25, 0.3) is 0 Å². The summed E-state index contributed by atoms with van der Waals surface area (Å²) < 4.78 is 1.94. The first-order valence-corrected chi connectivity index (χ1v) is 8.42. The van der Waals surface area contributed by atoms with E-state index < -0.39 is 0 Å². The second-order valence-corrected chi connectivity index (χ2v) is 6.44. The quantitative estimate of drug-likeness (QED) is 0.807. The summed E-state index contributed by atoms with van der Waals surface area (Å²) in [6.45, 7) is 0.249. The molecule has 1 heterocycles. The number of aryl methyl sites for hydroxylation is 1. The first-order valence-electron chi connectivity index (χ1n) is 8.42. The van der Waals surface area contributed by atoms with Crippen LogP contribution in [0, 0.1) is 5.92 Å². The Bertz CT molecular complexity index is 690. The van der Waals surface area contributed by atoms with Crippen molar-refractivity contribution in [2.75, 3.05) is 11.9 Å². The minimum absolute atomic E-state index is 0.181. The zero-order valence-electron chi connectivity index (χ0n) is 13.9. The lowest BCUT2D eigenvalue weighted by molar-refractivity contribution is 0.176. The monoisotopic (exact) mass is 328 g/mol. The predicted molar refractivity (Wildman–Crippen MR) is 93.6 cm³/mol. The lowest BCUT2D eigenvalue weighted by atomic mass is 9.87. The predicted octanol–water partition coefficient (Wildman–Crippen LogP) is 2.76. The highest BCUT2D eigenvalue weighted by Gasteiger charge is 2.21. The molecule has 0 atom stereocenters. The molecule has 2 aromatic rings. The van der Waals surface area contributed by atoms with Gasteiger partial charge < -0.3 is 20.3 Å². The summed E-state index contributed by atoms with van der Waals surface area (Å²) >= 11 is 0. The van der Waals surface area contributed by atoms with Gasteiger partial charge in [0.05, 0.1) is 0 Å². The van der Waals surface area contributed by atoms with E-state index >= 15 is 0 Å². The molecule has 128 valence electrons. The van der Waals surface area contributed by atoms with Crippen molar-refractivity contribution in [3.63, 3.8) is 0 Å². The van der Waals surface area contributed by atoms with E-state index in [2.05, 4.69) is 15.6 Å². The fourth-order valence-corrected chi connectivity index (χ4v) is 3.22. The molecule has 0 unspecified atom stereocenters. The van der Waals surface area contributed by atoms with E-state index in [0.29, 0.717) is 5.92 Å². The number of benzene rings is 1. The molecule has 6 nitrogen and oxygen atoms in total. The lowest BCUT2D eigenvalue weighted by Gasteiger charge is -2.27. The minimum atomic E-state index is -0.181. The van der Waals surface area contributed by atoms with Crippen LogP contribution in [0.25, 0.3) is 11.4 Å². The second kappa shape index (κ2) is 7.49. The highest BCUT2D eigenvalue weighted by Crippen LogP contribution is 2.24. The summed E-state index contributed by atoms with van der Waals surface area (Å²) in [5.74, 6) is 1.25. The van der Waals surface area contributed by atoms with Crippen LogP contribution in [0.2, 0.25) is 0 Å². The summed E-state index contributed by atoms with van der Waals surface area (Å²) in [7, 11) is 1.94. The molecule has 0 spiro atoms. The Morgan fingerprint density at radius 3 is 2.79 bits per heavy atom. The first kappa shape index (κ1) is 16.5. The number of imidazole rings is 1. The number of carbonyl (C=O) groups excluding carboxylic acids is 1. The van der Waals surface area contributed by atoms with E-state index in [9.17, 15) is 9.90 Å². The van der Waals surface area contributed by atoms with Gasteiger partial charge in [-0.3, -0.25) is 0 Å². The van der Waals surface area contributed by atoms with Crippen molar-refractivity contribution in [2.24, 2.45) is 13.0 Å². The van der Waals surface area contributed by atoms with Gasteiger partial charge in [-0.15, -0.1) is 0 Å². The zero-order chi connectivity index (χ0) is 16.9. The summed E-state index contributed by atoms with van der Waals surface area (Å²) in [6, 6.07) is 7.68. The SMILES string of the molecule is Cn1ccnc1-c1cccc(NC(=O)NC2CCC(CO)CC2)c1. The molecule has 3 N–H and O–H groups in total. The number of amides is 2. The van der Waals surface area contributed by atoms with Gasteiger partial charge in [0.2, 0.25) is 0 Å². The van der Waals surface area contributed by atoms with E-state index in [1.165, 1.54) is 0 Å². The van der Waals surface area contributed by atoms with Crippen molar-refractivity contribution in [3.8, 4) is 11.4 Å². The third-order valence-corrected chi connectivity index (χ3v) is 4.64. The Morgan fingerprint density at radius 1 is 1.33 bits per heavy atom. The number of hydrogen-bond donors (Lipinski definition) is 3. The molecule has 1 saturated carbocycles. The Kier molecular flexibility index (Phi) is 5.15. The number of hydrogen-bond acceptors (Lipinski definition) is 3. The Balaban J connectivity index is 1.58. The lowest BCUT2D eigenvalue weighted by Crippen LogP contribution is -2.40. The van der Waals surface area contributed by atoms with Gasteiger partial charge in [-0.05, 0) is 43.7 Å². The number of anilines is 1. The van der Waals surface area contributed by atoms with Crippen LogP contribution >= 0.6 is 0 Å². The Labute approximate surface area is 141 Å². The van der Waals surface area contributed by atoms with E-state index in [4.69, 9.17) is 0 Å². The molecule has 24 heavy (non-hydrogen) atoms. The van der Waals surface area contributed by atoms with Gasteiger partial charge in [-0.25, -0.2) is 9.78 Å². The van der Waals surface area contributed by atoms with Crippen molar-refractivity contribution < 1.29 is 9.90 Å². The maximum Gasteiger partial charge on any atom is 0.319 e. The fourth-order valence-electron chi connectivity index (χ4n) is 3.22. The highest BCUT2D eigenvalue weighted by molar-refractivity contribution is 5.90. The maximum absolute atomic E-state index is 12.2. The van der Waals surface area contributed by atoms with Crippen molar-refractivity contribution in [1.82, 2.24) is 14.9 Å². The molecule has 0 aliphatic heterocycles. The maximum atomic E-state index is 12.2. The largest absolute Gasteiger partial charge is 0.396 e. The number of aliphatic hydroxyl groups is 1. The summed E-state index contributed by atoms with van der Waals surface area (Å²) in [6.07, 6.45) is 7.43. The molecular weight excluding hydrogens is 304 g/mol. The van der Waals surface area contributed by atoms with E-state index in [0.717, 1.165) is 42.8 Å². The van der Waals surface area contributed by atoms with Gasteiger partial charge in [0.15, 0.2) is 0 Å². The molecule has 1 aliphatic carbocycles. The molecule has 2 amide bonds. The van der Waals surface area contributed by atoms with Gasteiger partial charge in [0, 0.05) is 43.3 Å². The third-order valence-electron chi connectivity index (χ3n) is 4.64. The molecule has 1 fully saturated rings. The number of aromatic nitrogens is 2. The van der Waals surface area contributed by atoms with Gasteiger partial charge >= 0.3 is 6.03 Å². The molecule has 3 rings (SSSR count). The van der Waals surface area contributed by atoms with Crippen molar-refractivity contribution in [2.45, 2.75) is 31.7 Å². The minimum Gasteiger partial charge on any atom is -0.396 e. The number of nitrogens with one attached hydrogen (secondary N) is 2. The van der Waals surface area contributed by atoms with Crippen LogP contribution in [0.5, 0.6) is 0 Å². The van der Waals surface area contributed by atoms with E-state index in [1.54, 1.807) is 6.20 Å². The van der Waals surface area contributed by atoms with Crippen LogP contribution in [0.1, 0.15) is 25.7 Å². The molecule has 6 heteroatoms. The van der Waals surface area contributed by atoms with E-state index in [1.807, 2.05) is 42.1 Å². The van der Waals surface area contributed by atoms with Crippen LogP contribution in [0.15, 0.2) is 36.7 Å².